The maximum absolute atomic E-state index is 14.0. The second-order valence-corrected chi connectivity index (χ2v) is 4.91. The normalized spacial score (nSPS) is 12.9. The van der Waals surface area contributed by atoms with E-state index in [1.54, 1.807) is 6.07 Å². The van der Waals surface area contributed by atoms with Gasteiger partial charge in [-0.25, -0.2) is 4.39 Å². The number of hydrogen-bond acceptors (Lipinski definition) is 2. The zero-order valence-corrected chi connectivity index (χ0v) is 11.4. The molecule has 0 bridgehead atoms. The van der Waals surface area contributed by atoms with Crippen molar-refractivity contribution in [3.05, 3.63) is 29.6 Å². The van der Waals surface area contributed by atoms with Crippen LogP contribution in [-0.2, 0) is 6.54 Å². The average molecular weight is 238 g/mol. The quantitative estimate of drug-likeness (QED) is 0.848. The van der Waals surface area contributed by atoms with E-state index in [4.69, 9.17) is 0 Å². The van der Waals surface area contributed by atoms with Gasteiger partial charge in [-0.1, -0.05) is 19.9 Å². The van der Waals surface area contributed by atoms with Gasteiger partial charge in [0.05, 0.1) is 5.69 Å². The molecule has 0 aromatic heterocycles. The third-order valence-electron chi connectivity index (χ3n) is 3.35. The first kappa shape index (κ1) is 14.0. The molecular formula is C14H23FN2. The molecule has 0 aliphatic rings. The van der Waals surface area contributed by atoms with E-state index in [0.29, 0.717) is 24.2 Å². The highest BCUT2D eigenvalue weighted by molar-refractivity contribution is 5.49. The lowest BCUT2D eigenvalue weighted by Gasteiger charge is -2.30. The Morgan fingerprint density at radius 3 is 2.41 bits per heavy atom. The average Bonchev–Trinajstić information content (AvgIpc) is 2.27. The lowest BCUT2D eigenvalue weighted by molar-refractivity contribution is 0.497. The van der Waals surface area contributed by atoms with Crippen LogP contribution in [0.25, 0.3) is 0 Å². The van der Waals surface area contributed by atoms with E-state index in [1.165, 1.54) is 0 Å². The van der Waals surface area contributed by atoms with E-state index in [1.807, 2.05) is 31.1 Å². The molecule has 2 nitrogen and oxygen atoms in total. The van der Waals surface area contributed by atoms with Gasteiger partial charge >= 0.3 is 0 Å². The summed E-state index contributed by atoms with van der Waals surface area (Å²) in [6.07, 6.45) is 0. The molecular weight excluding hydrogens is 215 g/mol. The first-order chi connectivity index (χ1) is 7.97. The maximum atomic E-state index is 14.0. The van der Waals surface area contributed by atoms with Crippen molar-refractivity contribution in [1.82, 2.24) is 5.32 Å². The summed E-state index contributed by atoms with van der Waals surface area (Å²) >= 11 is 0. The van der Waals surface area contributed by atoms with Crippen molar-refractivity contribution in [2.45, 2.75) is 33.4 Å². The Kier molecular flexibility index (Phi) is 4.94. The first-order valence-corrected chi connectivity index (χ1v) is 6.13. The summed E-state index contributed by atoms with van der Waals surface area (Å²) in [5, 5.41) is 3.02. The summed E-state index contributed by atoms with van der Waals surface area (Å²) in [7, 11) is 3.81. The fraction of sp³-hybridized carbons (Fsp3) is 0.571. The number of benzene rings is 1. The van der Waals surface area contributed by atoms with Crippen molar-refractivity contribution < 1.29 is 4.39 Å². The Bertz CT molecular complexity index is 363. The van der Waals surface area contributed by atoms with Crippen molar-refractivity contribution in [3.63, 3.8) is 0 Å². The fourth-order valence-electron chi connectivity index (χ4n) is 1.82. The van der Waals surface area contributed by atoms with Crippen LogP contribution in [0.3, 0.4) is 0 Å². The van der Waals surface area contributed by atoms with E-state index in [-0.39, 0.29) is 5.82 Å². The van der Waals surface area contributed by atoms with Crippen LogP contribution in [0.15, 0.2) is 18.2 Å². The Morgan fingerprint density at radius 2 is 1.94 bits per heavy atom. The van der Waals surface area contributed by atoms with Gasteiger partial charge in [0.2, 0.25) is 0 Å². The largest absolute Gasteiger partial charge is 0.369 e. The number of halogens is 1. The number of rotatable bonds is 5. The fourth-order valence-corrected chi connectivity index (χ4v) is 1.82. The third kappa shape index (κ3) is 3.43. The molecule has 3 heteroatoms. The smallest absolute Gasteiger partial charge is 0.146 e. The first-order valence-electron chi connectivity index (χ1n) is 6.13. The topological polar surface area (TPSA) is 15.3 Å². The van der Waals surface area contributed by atoms with Crippen molar-refractivity contribution in [1.29, 1.82) is 0 Å². The minimum atomic E-state index is -0.146. The SMILES string of the molecule is CNCc1ccc(N(C)C(C)C(C)C)c(F)c1. The molecule has 0 fully saturated rings. The van der Waals surface area contributed by atoms with E-state index in [0.717, 1.165) is 5.56 Å². The number of anilines is 1. The molecule has 0 radical (unpaired) electrons. The molecule has 1 unspecified atom stereocenters. The van der Waals surface area contributed by atoms with Crippen LogP contribution in [-0.4, -0.2) is 20.1 Å². The molecule has 1 N–H and O–H groups in total. The standard InChI is InChI=1S/C14H23FN2/c1-10(2)11(3)17(5)14-7-6-12(9-16-4)8-13(14)15/h6-8,10-11,16H,9H2,1-5H3. The lowest BCUT2D eigenvalue weighted by Crippen LogP contribution is -2.33. The highest BCUT2D eigenvalue weighted by Crippen LogP contribution is 2.23. The van der Waals surface area contributed by atoms with E-state index >= 15 is 0 Å². The van der Waals surface area contributed by atoms with Gasteiger partial charge in [0, 0.05) is 19.6 Å². The zero-order valence-electron chi connectivity index (χ0n) is 11.4. The summed E-state index contributed by atoms with van der Waals surface area (Å²) in [4.78, 5) is 2.00. The summed E-state index contributed by atoms with van der Waals surface area (Å²) in [5.74, 6) is 0.351. The van der Waals surface area contributed by atoms with E-state index in [9.17, 15) is 4.39 Å². The van der Waals surface area contributed by atoms with E-state index in [2.05, 4.69) is 26.1 Å². The summed E-state index contributed by atoms with van der Waals surface area (Å²) < 4.78 is 14.0. The van der Waals surface area contributed by atoms with Crippen LogP contribution < -0.4 is 10.2 Å². The molecule has 1 rings (SSSR count). The molecule has 96 valence electrons. The minimum Gasteiger partial charge on any atom is -0.369 e. The molecule has 0 saturated heterocycles. The molecule has 1 aromatic carbocycles. The molecule has 0 heterocycles. The van der Waals surface area contributed by atoms with Gasteiger partial charge in [0.15, 0.2) is 0 Å². The van der Waals surface area contributed by atoms with Gasteiger partial charge in [-0.2, -0.15) is 0 Å². The lowest BCUT2D eigenvalue weighted by atomic mass is 10.0. The molecule has 1 atom stereocenters. The van der Waals surface area contributed by atoms with Crippen LogP contribution in [0.5, 0.6) is 0 Å². The molecule has 0 aliphatic carbocycles. The Labute approximate surface area is 104 Å². The minimum absolute atomic E-state index is 0.146. The molecule has 0 saturated carbocycles. The second kappa shape index (κ2) is 6.01. The van der Waals surface area contributed by atoms with Crippen molar-refractivity contribution in [3.8, 4) is 0 Å². The molecule has 0 aliphatic heterocycles. The van der Waals surface area contributed by atoms with Gasteiger partial charge in [-0.15, -0.1) is 0 Å². The van der Waals surface area contributed by atoms with Crippen molar-refractivity contribution in [2.24, 2.45) is 5.92 Å². The predicted molar refractivity (Wildman–Crippen MR) is 71.9 cm³/mol. The molecule has 0 amide bonds. The Hall–Kier alpha value is -1.09. The van der Waals surface area contributed by atoms with Gasteiger partial charge < -0.3 is 10.2 Å². The highest BCUT2D eigenvalue weighted by Gasteiger charge is 2.16. The number of nitrogens with one attached hydrogen (secondary N) is 1. The van der Waals surface area contributed by atoms with Crippen LogP contribution in [0.1, 0.15) is 26.3 Å². The van der Waals surface area contributed by atoms with Crippen LogP contribution in [0, 0.1) is 11.7 Å². The zero-order chi connectivity index (χ0) is 13.0. The van der Waals surface area contributed by atoms with Gasteiger partial charge in [0.25, 0.3) is 0 Å². The van der Waals surface area contributed by atoms with Crippen molar-refractivity contribution in [2.75, 3.05) is 19.0 Å². The summed E-state index contributed by atoms with van der Waals surface area (Å²) in [6.45, 7) is 7.11. The summed E-state index contributed by atoms with van der Waals surface area (Å²) in [6, 6.07) is 5.76. The van der Waals surface area contributed by atoms with Gasteiger partial charge in [0.1, 0.15) is 5.82 Å². The molecule has 0 spiro atoms. The predicted octanol–water partition coefficient (Wildman–Crippen LogP) is 3.03. The van der Waals surface area contributed by atoms with Crippen molar-refractivity contribution >= 4 is 5.69 Å². The highest BCUT2D eigenvalue weighted by atomic mass is 19.1. The van der Waals surface area contributed by atoms with Crippen LogP contribution in [0.2, 0.25) is 0 Å². The Balaban J connectivity index is 2.91. The third-order valence-corrected chi connectivity index (χ3v) is 3.35. The maximum Gasteiger partial charge on any atom is 0.146 e. The monoisotopic (exact) mass is 238 g/mol. The Morgan fingerprint density at radius 1 is 1.29 bits per heavy atom. The number of hydrogen-bond donors (Lipinski definition) is 1. The van der Waals surface area contributed by atoms with Gasteiger partial charge in [-0.05, 0) is 37.6 Å². The van der Waals surface area contributed by atoms with Crippen LogP contribution >= 0.6 is 0 Å². The molecule has 17 heavy (non-hydrogen) atoms. The van der Waals surface area contributed by atoms with Gasteiger partial charge in [-0.3, -0.25) is 0 Å². The van der Waals surface area contributed by atoms with Crippen LogP contribution in [0.4, 0.5) is 10.1 Å². The number of nitrogens with zero attached hydrogens (tertiary/aromatic N) is 1. The summed E-state index contributed by atoms with van der Waals surface area (Å²) in [5.41, 5.74) is 1.64. The van der Waals surface area contributed by atoms with E-state index < -0.39 is 0 Å². The second-order valence-electron chi connectivity index (χ2n) is 4.91. The molecule has 1 aromatic rings.